The first-order chi connectivity index (χ1) is 8.81. The first-order valence-electron chi connectivity index (χ1n) is 6.21. The molecule has 3 rings (SSSR count). The van der Waals surface area contributed by atoms with Crippen LogP contribution in [-0.4, -0.2) is 54.0 Å². The van der Waals surface area contributed by atoms with Gasteiger partial charge in [-0.3, -0.25) is 0 Å². The zero-order valence-electron chi connectivity index (χ0n) is 10.2. The summed E-state index contributed by atoms with van der Waals surface area (Å²) in [6.07, 6.45) is 2.51. The lowest BCUT2D eigenvalue weighted by Gasteiger charge is -2.39. The minimum Gasteiger partial charge on any atom is -0.396 e. The summed E-state index contributed by atoms with van der Waals surface area (Å²) in [6, 6.07) is 0. The molecule has 0 aromatic carbocycles. The van der Waals surface area contributed by atoms with E-state index in [9.17, 15) is 5.11 Å². The highest BCUT2D eigenvalue weighted by atomic mass is 32.2. The summed E-state index contributed by atoms with van der Waals surface area (Å²) in [5.41, 5.74) is -0.0514. The lowest BCUT2D eigenvalue weighted by molar-refractivity contribution is -0.121. The van der Waals surface area contributed by atoms with Crippen molar-refractivity contribution in [3.63, 3.8) is 0 Å². The molecule has 0 saturated carbocycles. The number of hydrogen-bond donors (Lipinski definition) is 1. The van der Waals surface area contributed by atoms with Crippen LogP contribution < -0.4 is 4.90 Å². The number of ether oxygens (including phenoxy) is 1. The van der Waals surface area contributed by atoms with E-state index in [-0.39, 0.29) is 12.0 Å². The molecule has 1 aromatic rings. The number of anilines is 1. The third-order valence-corrected chi connectivity index (χ3v) is 5.89. The van der Waals surface area contributed by atoms with Gasteiger partial charge in [0.1, 0.15) is 0 Å². The standard InChI is InChI=1S/C11H17N3O2S2/c15-5-11(6-16-7-11)8-17-10-13-12-9(18-10)14-3-1-2-4-14/h15H,1-8H2. The molecular formula is C11H17N3O2S2. The summed E-state index contributed by atoms with van der Waals surface area (Å²) in [5.74, 6) is 0.859. The molecule has 2 saturated heterocycles. The van der Waals surface area contributed by atoms with Gasteiger partial charge in [0.25, 0.3) is 0 Å². The van der Waals surface area contributed by atoms with Crippen molar-refractivity contribution < 1.29 is 9.84 Å². The maximum absolute atomic E-state index is 9.36. The fraction of sp³-hybridized carbons (Fsp3) is 0.818. The van der Waals surface area contributed by atoms with E-state index in [0.717, 1.165) is 28.3 Å². The number of aromatic nitrogens is 2. The number of rotatable bonds is 5. The third-order valence-electron chi connectivity index (χ3n) is 3.43. The largest absolute Gasteiger partial charge is 0.396 e. The van der Waals surface area contributed by atoms with Crippen LogP contribution in [0.3, 0.4) is 0 Å². The molecule has 3 heterocycles. The van der Waals surface area contributed by atoms with Gasteiger partial charge in [0.2, 0.25) is 5.13 Å². The molecule has 0 bridgehead atoms. The molecule has 0 aliphatic carbocycles. The van der Waals surface area contributed by atoms with E-state index in [0.29, 0.717) is 13.2 Å². The predicted octanol–water partition coefficient (Wildman–Crippen LogP) is 1.24. The topological polar surface area (TPSA) is 58.5 Å². The number of aliphatic hydroxyl groups is 1. The van der Waals surface area contributed by atoms with Gasteiger partial charge in [-0.25, -0.2) is 0 Å². The zero-order valence-corrected chi connectivity index (χ0v) is 11.8. The molecule has 0 unspecified atom stereocenters. The molecule has 7 heteroatoms. The van der Waals surface area contributed by atoms with Crippen molar-refractivity contribution in [1.82, 2.24) is 10.2 Å². The SMILES string of the molecule is OCC1(CSc2nnc(N3CCCC3)s2)COC1. The predicted molar refractivity (Wildman–Crippen MR) is 72.4 cm³/mol. The summed E-state index contributed by atoms with van der Waals surface area (Å²) >= 11 is 3.35. The van der Waals surface area contributed by atoms with Crippen molar-refractivity contribution >= 4 is 28.2 Å². The molecule has 1 N–H and O–H groups in total. The summed E-state index contributed by atoms with van der Waals surface area (Å²) < 4.78 is 6.19. The molecule has 0 spiro atoms. The second-order valence-corrected chi connectivity index (χ2v) is 7.16. The van der Waals surface area contributed by atoms with Gasteiger partial charge in [-0.15, -0.1) is 10.2 Å². The lowest BCUT2D eigenvalue weighted by Crippen LogP contribution is -2.47. The Balaban J connectivity index is 1.56. The smallest absolute Gasteiger partial charge is 0.209 e. The van der Waals surface area contributed by atoms with E-state index < -0.39 is 0 Å². The summed E-state index contributed by atoms with van der Waals surface area (Å²) in [6.45, 7) is 3.72. The maximum atomic E-state index is 9.36. The Morgan fingerprint density at radius 2 is 2.11 bits per heavy atom. The Morgan fingerprint density at radius 1 is 1.33 bits per heavy atom. The van der Waals surface area contributed by atoms with Crippen molar-refractivity contribution in [1.29, 1.82) is 0 Å². The quantitative estimate of drug-likeness (QED) is 0.822. The van der Waals surface area contributed by atoms with Gasteiger partial charge in [-0.05, 0) is 12.8 Å². The molecule has 2 aliphatic heterocycles. The van der Waals surface area contributed by atoms with Crippen LogP contribution >= 0.6 is 23.1 Å². The number of aliphatic hydroxyl groups excluding tert-OH is 1. The fourth-order valence-electron chi connectivity index (χ4n) is 2.12. The van der Waals surface area contributed by atoms with Crippen molar-refractivity contribution in [2.75, 3.05) is 43.6 Å². The maximum Gasteiger partial charge on any atom is 0.209 e. The third kappa shape index (κ3) is 2.49. The molecule has 0 radical (unpaired) electrons. The Kier molecular flexibility index (Phi) is 3.74. The van der Waals surface area contributed by atoms with Crippen molar-refractivity contribution in [3.8, 4) is 0 Å². The average molecular weight is 287 g/mol. The van der Waals surface area contributed by atoms with Gasteiger partial charge in [-0.1, -0.05) is 23.1 Å². The van der Waals surface area contributed by atoms with E-state index in [1.54, 1.807) is 23.1 Å². The molecule has 0 atom stereocenters. The van der Waals surface area contributed by atoms with Gasteiger partial charge in [-0.2, -0.15) is 0 Å². The van der Waals surface area contributed by atoms with Crippen molar-refractivity contribution in [2.45, 2.75) is 17.2 Å². The van der Waals surface area contributed by atoms with Gasteiger partial charge in [0.05, 0.1) is 19.8 Å². The Labute approximate surface area is 115 Å². The van der Waals surface area contributed by atoms with Crippen molar-refractivity contribution in [3.05, 3.63) is 0 Å². The second kappa shape index (κ2) is 5.32. The van der Waals surface area contributed by atoms with Gasteiger partial charge in [0.15, 0.2) is 4.34 Å². The first-order valence-corrected chi connectivity index (χ1v) is 8.01. The van der Waals surface area contributed by atoms with Crippen LogP contribution in [-0.2, 0) is 4.74 Å². The molecule has 5 nitrogen and oxygen atoms in total. The minimum atomic E-state index is -0.0514. The van der Waals surface area contributed by atoms with Crippen LogP contribution in [0.5, 0.6) is 0 Å². The molecule has 0 amide bonds. The van der Waals surface area contributed by atoms with E-state index in [1.807, 2.05) is 0 Å². The number of thioether (sulfide) groups is 1. The highest BCUT2D eigenvalue weighted by Gasteiger charge is 2.38. The Bertz CT molecular complexity index is 397. The Morgan fingerprint density at radius 3 is 2.72 bits per heavy atom. The van der Waals surface area contributed by atoms with Crippen LogP contribution in [0.4, 0.5) is 5.13 Å². The van der Waals surface area contributed by atoms with Gasteiger partial charge < -0.3 is 14.7 Å². The van der Waals surface area contributed by atoms with Crippen LogP contribution in [0.15, 0.2) is 4.34 Å². The second-order valence-electron chi connectivity index (χ2n) is 4.98. The fourth-order valence-corrected chi connectivity index (χ4v) is 4.18. The monoisotopic (exact) mass is 287 g/mol. The molecule has 18 heavy (non-hydrogen) atoms. The number of hydrogen-bond acceptors (Lipinski definition) is 7. The highest BCUT2D eigenvalue weighted by molar-refractivity contribution is 8.01. The van der Waals surface area contributed by atoms with Crippen LogP contribution in [0.2, 0.25) is 0 Å². The molecule has 1 aromatic heterocycles. The van der Waals surface area contributed by atoms with Crippen LogP contribution in [0.25, 0.3) is 0 Å². The summed E-state index contributed by atoms with van der Waals surface area (Å²) in [4.78, 5) is 2.30. The minimum absolute atomic E-state index is 0.0514. The molecule has 2 fully saturated rings. The highest BCUT2D eigenvalue weighted by Crippen LogP contribution is 2.36. The summed E-state index contributed by atoms with van der Waals surface area (Å²) in [5, 5.41) is 18.9. The van der Waals surface area contributed by atoms with Crippen LogP contribution in [0.1, 0.15) is 12.8 Å². The number of nitrogens with zero attached hydrogens (tertiary/aromatic N) is 3. The average Bonchev–Trinajstić information content (AvgIpc) is 2.98. The van der Waals surface area contributed by atoms with Crippen molar-refractivity contribution in [2.24, 2.45) is 5.41 Å². The van der Waals surface area contributed by atoms with E-state index >= 15 is 0 Å². The molecular weight excluding hydrogens is 270 g/mol. The van der Waals surface area contributed by atoms with Gasteiger partial charge in [0, 0.05) is 24.3 Å². The lowest BCUT2D eigenvalue weighted by atomic mass is 9.90. The summed E-state index contributed by atoms with van der Waals surface area (Å²) in [7, 11) is 0. The zero-order chi connectivity index (χ0) is 12.4. The van der Waals surface area contributed by atoms with Crippen LogP contribution in [0, 0.1) is 5.41 Å². The molecule has 100 valence electrons. The van der Waals surface area contributed by atoms with E-state index in [4.69, 9.17) is 4.74 Å². The molecule has 2 aliphatic rings. The van der Waals surface area contributed by atoms with E-state index in [1.165, 1.54) is 12.8 Å². The Hall–Kier alpha value is -0.370. The van der Waals surface area contributed by atoms with Gasteiger partial charge >= 0.3 is 0 Å². The first kappa shape index (κ1) is 12.7. The normalized spacial score (nSPS) is 22.2. The van der Waals surface area contributed by atoms with E-state index in [2.05, 4.69) is 15.1 Å².